The fourth-order valence-corrected chi connectivity index (χ4v) is 3.38. The molecular formula is C13H6Br3FN2. The Morgan fingerprint density at radius 1 is 1.00 bits per heavy atom. The molecule has 19 heavy (non-hydrogen) atoms. The van der Waals surface area contributed by atoms with Crippen LogP contribution in [0.25, 0.3) is 22.4 Å². The number of imidazole rings is 1. The molecule has 0 aliphatic rings. The quantitative estimate of drug-likeness (QED) is 0.511. The molecule has 6 heteroatoms. The van der Waals surface area contributed by atoms with Crippen LogP contribution >= 0.6 is 47.8 Å². The van der Waals surface area contributed by atoms with Crippen molar-refractivity contribution in [3.63, 3.8) is 0 Å². The minimum atomic E-state index is -0.308. The van der Waals surface area contributed by atoms with Crippen LogP contribution in [0.2, 0.25) is 0 Å². The normalized spacial score (nSPS) is 11.2. The zero-order chi connectivity index (χ0) is 13.6. The number of aromatic amines is 1. The molecule has 0 atom stereocenters. The summed E-state index contributed by atoms with van der Waals surface area (Å²) >= 11 is 10.1. The highest BCUT2D eigenvalue weighted by molar-refractivity contribution is 9.11. The van der Waals surface area contributed by atoms with Gasteiger partial charge in [0.05, 0.1) is 15.5 Å². The Bertz CT molecular complexity index is 744. The van der Waals surface area contributed by atoms with E-state index < -0.39 is 0 Å². The Kier molecular flexibility index (Phi) is 3.49. The van der Waals surface area contributed by atoms with E-state index in [9.17, 15) is 4.39 Å². The van der Waals surface area contributed by atoms with Gasteiger partial charge in [0, 0.05) is 20.6 Å². The lowest BCUT2D eigenvalue weighted by Crippen LogP contribution is -1.82. The molecule has 0 aliphatic carbocycles. The van der Waals surface area contributed by atoms with Gasteiger partial charge in [0.1, 0.15) is 11.6 Å². The van der Waals surface area contributed by atoms with Gasteiger partial charge in [-0.2, -0.15) is 0 Å². The van der Waals surface area contributed by atoms with Crippen LogP contribution < -0.4 is 0 Å². The first-order valence-electron chi connectivity index (χ1n) is 5.35. The highest BCUT2D eigenvalue weighted by atomic mass is 79.9. The van der Waals surface area contributed by atoms with Crippen molar-refractivity contribution in [1.82, 2.24) is 9.97 Å². The second-order valence-electron chi connectivity index (χ2n) is 3.99. The number of nitrogens with zero attached hydrogens (tertiary/aromatic N) is 1. The van der Waals surface area contributed by atoms with Gasteiger partial charge in [-0.3, -0.25) is 0 Å². The number of halogens is 4. The highest BCUT2D eigenvalue weighted by Crippen LogP contribution is 2.31. The first-order valence-corrected chi connectivity index (χ1v) is 7.72. The number of hydrogen-bond acceptors (Lipinski definition) is 1. The number of rotatable bonds is 1. The predicted octanol–water partition coefficient (Wildman–Crippen LogP) is 5.66. The lowest BCUT2D eigenvalue weighted by atomic mass is 10.2. The highest BCUT2D eigenvalue weighted by Gasteiger charge is 2.11. The standard InChI is InChI=1S/C13H6Br3FN2/c14-6-1-2-7(8(15)3-6)13-18-11-4-9(16)10(17)5-12(11)19-13/h1-5H,(H,18,19). The Balaban J connectivity index is 2.20. The number of benzene rings is 2. The van der Waals surface area contributed by atoms with E-state index in [1.807, 2.05) is 18.2 Å². The van der Waals surface area contributed by atoms with E-state index in [0.717, 1.165) is 20.0 Å². The van der Waals surface area contributed by atoms with E-state index in [1.54, 1.807) is 6.07 Å². The van der Waals surface area contributed by atoms with Gasteiger partial charge in [0.15, 0.2) is 0 Å². The molecule has 0 amide bonds. The summed E-state index contributed by atoms with van der Waals surface area (Å²) in [5, 5.41) is 0. The summed E-state index contributed by atoms with van der Waals surface area (Å²) in [7, 11) is 0. The van der Waals surface area contributed by atoms with Crippen LogP contribution in [0.5, 0.6) is 0 Å². The molecule has 0 saturated heterocycles. The summed E-state index contributed by atoms with van der Waals surface area (Å²) in [4.78, 5) is 7.60. The molecule has 1 N–H and O–H groups in total. The van der Waals surface area contributed by atoms with Gasteiger partial charge >= 0.3 is 0 Å². The van der Waals surface area contributed by atoms with Crippen molar-refractivity contribution >= 4 is 58.8 Å². The average Bonchev–Trinajstić information content (AvgIpc) is 2.72. The van der Waals surface area contributed by atoms with Crippen molar-refractivity contribution < 1.29 is 4.39 Å². The average molecular weight is 449 g/mol. The monoisotopic (exact) mass is 446 g/mol. The SMILES string of the molecule is Fc1cc2[nH]c(-c3ccc(Br)cc3Br)nc2cc1Br. The number of hydrogen-bond donors (Lipinski definition) is 1. The summed E-state index contributed by atoms with van der Waals surface area (Å²) in [5.41, 5.74) is 2.32. The van der Waals surface area contributed by atoms with Crippen molar-refractivity contribution in [2.75, 3.05) is 0 Å². The molecule has 0 saturated carbocycles. The van der Waals surface area contributed by atoms with E-state index >= 15 is 0 Å². The van der Waals surface area contributed by atoms with Crippen LogP contribution in [-0.2, 0) is 0 Å². The Hall–Kier alpha value is -0.720. The molecule has 1 aromatic heterocycles. The van der Waals surface area contributed by atoms with Crippen LogP contribution in [0.3, 0.4) is 0 Å². The van der Waals surface area contributed by atoms with E-state index in [1.165, 1.54) is 6.07 Å². The van der Waals surface area contributed by atoms with Crippen LogP contribution in [0.15, 0.2) is 43.7 Å². The molecule has 2 aromatic carbocycles. The summed E-state index contributed by atoms with van der Waals surface area (Å²) in [6.07, 6.45) is 0. The Morgan fingerprint density at radius 3 is 2.53 bits per heavy atom. The molecule has 3 rings (SSSR count). The number of nitrogens with one attached hydrogen (secondary N) is 1. The van der Waals surface area contributed by atoms with Gasteiger partial charge in [-0.05, 0) is 56.1 Å². The van der Waals surface area contributed by atoms with E-state index in [4.69, 9.17) is 0 Å². The second-order valence-corrected chi connectivity index (χ2v) is 6.62. The maximum atomic E-state index is 13.5. The second kappa shape index (κ2) is 5.00. The Labute approximate surface area is 133 Å². The largest absolute Gasteiger partial charge is 0.338 e. The van der Waals surface area contributed by atoms with Crippen LogP contribution in [0, 0.1) is 5.82 Å². The lowest BCUT2D eigenvalue weighted by Gasteiger charge is -2.00. The maximum absolute atomic E-state index is 13.5. The predicted molar refractivity (Wildman–Crippen MR) is 84.6 cm³/mol. The van der Waals surface area contributed by atoms with Crippen molar-refractivity contribution in [2.45, 2.75) is 0 Å². The fourth-order valence-electron chi connectivity index (χ4n) is 1.81. The van der Waals surface area contributed by atoms with Crippen molar-refractivity contribution in [3.8, 4) is 11.4 Å². The van der Waals surface area contributed by atoms with Gasteiger partial charge in [0.25, 0.3) is 0 Å². The van der Waals surface area contributed by atoms with E-state index in [-0.39, 0.29) is 5.82 Å². The summed E-state index contributed by atoms with van der Waals surface area (Å²) in [6, 6.07) is 8.92. The number of H-pyrrole nitrogens is 1. The summed E-state index contributed by atoms with van der Waals surface area (Å²) < 4.78 is 15.8. The molecule has 1 heterocycles. The molecule has 96 valence electrons. The first-order chi connectivity index (χ1) is 9.04. The third-order valence-corrected chi connectivity index (χ3v) is 4.47. The first kappa shape index (κ1) is 13.3. The molecule has 0 unspecified atom stereocenters. The smallest absolute Gasteiger partial charge is 0.139 e. The van der Waals surface area contributed by atoms with Crippen LogP contribution in [0.4, 0.5) is 4.39 Å². The summed E-state index contributed by atoms with van der Waals surface area (Å²) in [6.45, 7) is 0. The minimum Gasteiger partial charge on any atom is -0.338 e. The molecule has 0 aliphatic heterocycles. The summed E-state index contributed by atoms with van der Waals surface area (Å²) in [5.74, 6) is 0.393. The van der Waals surface area contributed by atoms with E-state index in [2.05, 4.69) is 57.8 Å². The van der Waals surface area contributed by atoms with Crippen molar-refractivity contribution in [2.24, 2.45) is 0 Å². The number of fused-ring (bicyclic) bond motifs is 1. The topological polar surface area (TPSA) is 28.7 Å². The third-order valence-electron chi connectivity index (χ3n) is 2.71. The van der Waals surface area contributed by atoms with Crippen LogP contribution in [-0.4, -0.2) is 9.97 Å². The molecule has 2 nitrogen and oxygen atoms in total. The fraction of sp³-hybridized carbons (Fsp3) is 0. The Morgan fingerprint density at radius 2 is 1.79 bits per heavy atom. The zero-order valence-corrected chi connectivity index (χ0v) is 14.1. The van der Waals surface area contributed by atoms with Crippen LogP contribution in [0.1, 0.15) is 0 Å². The van der Waals surface area contributed by atoms with Gasteiger partial charge in [0.2, 0.25) is 0 Å². The minimum absolute atomic E-state index is 0.308. The molecule has 0 spiro atoms. The maximum Gasteiger partial charge on any atom is 0.139 e. The molecule has 3 aromatic rings. The van der Waals surface area contributed by atoms with Gasteiger partial charge in [-0.25, -0.2) is 9.37 Å². The molecule has 0 fully saturated rings. The third kappa shape index (κ3) is 2.49. The van der Waals surface area contributed by atoms with E-state index in [0.29, 0.717) is 15.8 Å². The van der Waals surface area contributed by atoms with Crippen molar-refractivity contribution in [1.29, 1.82) is 0 Å². The lowest BCUT2D eigenvalue weighted by molar-refractivity contribution is 0.623. The van der Waals surface area contributed by atoms with Gasteiger partial charge in [-0.15, -0.1) is 0 Å². The zero-order valence-electron chi connectivity index (χ0n) is 9.35. The van der Waals surface area contributed by atoms with Gasteiger partial charge < -0.3 is 4.98 Å². The molecule has 0 radical (unpaired) electrons. The molecular weight excluding hydrogens is 443 g/mol. The number of aromatic nitrogens is 2. The van der Waals surface area contributed by atoms with Gasteiger partial charge in [-0.1, -0.05) is 15.9 Å². The molecule has 0 bridgehead atoms. The van der Waals surface area contributed by atoms with Crippen molar-refractivity contribution in [3.05, 3.63) is 49.6 Å².